The van der Waals surface area contributed by atoms with Gasteiger partial charge in [0.25, 0.3) is 0 Å². The van der Waals surface area contributed by atoms with Crippen LogP contribution in [0.4, 0.5) is 17.1 Å². The van der Waals surface area contributed by atoms with Gasteiger partial charge >= 0.3 is 106 Å². The minimum atomic E-state index is -5.48. The molecule has 0 bridgehead atoms. The number of hydrogen-bond donors (Lipinski definition) is 1. The van der Waals surface area contributed by atoms with Crippen LogP contribution in [0.15, 0.2) is 55.2 Å². The number of azo groups is 1. The van der Waals surface area contributed by atoms with Crippen molar-refractivity contribution in [3.63, 3.8) is 0 Å². The maximum absolute atomic E-state index is 12.9. The van der Waals surface area contributed by atoms with Gasteiger partial charge < -0.3 is 29.6 Å². The molecule has 14 nitrogen and oxygen atoms in total. The monoisotopic (exact) mass is 680 g/mol. The molecule has 0 saturated carbocycles. The first-order chi connectivity index (χ1) is 15.4. The van der Waals surface area contributed by atoms with Gasteiger partial charge in [0, 0.05) is 10.7 Å². The molecule has 0 heterocycles. The third-order valence-corrected chi connectivity index (χ3v) is 6.99. The van der Waals surface area contributed by atoms with Crippen molar-refractivity contribution in [3.05, 3.63) is 35.4 Å². The topological polar surface area (TPSA) is 268 Å². The fourth-order valence-electron chi connectivity index (χ4n) is 2.78. The number of anilines is 1. The van der Waals surface area contributed by atoms with Crippen LogP contribution >= 0.6 is 11.6 Å². The summed E-state index contributed by atoms with van der Waals surface area (Å²) in [6.07, 6.45) is 0. The normalized spacial score (nSPS) is 11.7. The summed E-state index contributed by atoms with van der Waals surface area (Å²) >= 11 is 5.58. The van der Waals surface area contributed by atoms with Crippen LogP contribution in [-0.4, -0.2) is 38.9 Å². The molecule has 0 spiro atoms. The van der Waals surface area contributed by atoms with Crippen LogP contribution in [0.3, 0.4) is 0 Å². The van der Waals surface area contributed by atoms with Gasteiger partial charge in [-0.05, 0) is 41.1 Å². The molecule has 0 aliphatic heterocycles. The van der Waals surface area contributed by atoms with E-state index >= 15 is 0 Å². The summed E-state index contributed by atoms with van der Waals surface area (Å²) in [6.45, 7) is 0. The molecule has 191 valence electrons. The molecule has 0 saturated heterocycles. The zero-order valence-corrected chi connectivity index (χ0v) is 29.4. The third kappa shape index (κ3) is 8.98. The van der Waals surface area contributed by atoms with Crippen LogP contribution in [0.25, 0.3) is 10.8 Å². The molecule has 22 heteroatoms. The molecule has 3 rings (SSSR count). The maximum atomic E-state index is 12.9. The van der Waals surface area contributed by atoms with Gasteiger partial charge in [0.15, 0.2) is 0 Å². The van der Waals surface area contributed by atoms with Crippen LogP contribution < -0.4 is 105 Å². The Kier molecular flexibility index (Phi) is 15.6. The summed E-state index contributed by atoms with van der Waals surface area (Å²) in [5, 5.41) is 29.7. The van der Waals surface area contributed by atoms with E-state index in [0.717, 1.165) is 0 Å². The second-order valence-corrected chi connectivity index (χ2v) is 11.0. The predicted molar refractivity (Wildman–Crippen MR) is 107 cm³/mol. The fourth-order valence-corrected chi connectivity index (χ4v) is 4.76. The standard InChI is InChI=1S/C16H12ClN3O11S3.Cu.3Na/c17-9-3-8(33(26,27)28)5-11(15(9)21)19-20-14-12(34(29,30)31)2-6-1-7(32(23,24)25)4-10(18)13(6)16(14)22;;;;/h1-5,21-22H,18H2,(H,23,24,25)(H,26,27,28)(H,29,30,31);;;;/q;+2;3*+1/p-5. The Morgan fingerprint density at radius 2 is 1.21 bits per heavy atom. The summed E-state index contributed by atoms with van der Waals surface area (Å²) in [7, 11) is -15.7. The smallest absolute Gasteiger partial charge is 0.870 e. The molecular formula is C16H7ClCuN3Na3O11S3. The van der Waals surface area contributed by atoms with Crippen molar-refractivity contribution < 1.29 is 155 Å². The van der Waals surface area contributed by atoms with Gasteiger partial charge in [0.1, 0.15) is 30.4 Å². The minimum Gasteiger partial charge on any atom is -0.870 e. The molecule has 0 aliphatic rings. The van der Waals surface area contributed by atoms with E-state index in [1.807, 2.05) is 0 Å². The molecule has 0 amide bonds. The molecule has 2 N–H and O–H groups in total. The van der Waals surface area contributed by atoms with Crippen molar-refractivity contribution in [1.82, 2.24) is 0 Å². The number of halogens is 1. The summed E-state index contributed by atoms with van der Waals surface area (Å²) < 4.78 is 103. The van der Waals surface area contributed by atoms with Gasteiger partial charge in [-0.15, -0.1) is 5.11 Å². The molecule has 0 aliphatic carbocycles. The van der Waals surface area contributed by atoms with Crippen molar-refractivity contribution in [2.75, 3.05) is 5.73 Å². The summed E-state index contributed by atoms with van der Waals surface area (Å²) in [5.41, 5.74) is 2.98. The van der Waals surface area contributed by atoms with Crippen LogP contribution in [0.2, 0.25) is 5.02 Å². The molecule has 0 aromatic heterocycles. The van der Waals surface area contributed by atoms with E-state index in [-0.39, 0.29) is 106 Å². The molecule has 0 unspecified atom stereocenters. The minimum absolute atomic E-state index is 0. The second-order valence-electron chi connectivity index (χ2n) is 6.48. The molecule has 1 radical (unpaired) electrons. The van der Waals surface area contributed by atoms with E-state index in [9.17, 15) is 49.1 Å². The van der Waals surface area contributed by atoms with Crippen molar-refractivity contribution >= 4 is 69.8 Å². The Morgan fingerprint density at radius 1 is 0.711 bits per heavy atom. The number of nitrogens with two attached hydrogens (primary N) is 1. The largest absolute Gasteiger partial charge is 2.00 e. The quantitative estimate of drug-likeness (QED) is 0.114. The Hall–Kier alpha value is 0.459. The van der Waals surface area contributed by atoms with E-state index in [1.54, 1.807) is 0 Å². The van der Waals surface area contributed by atoms with Gasteiger partial charge in [0.2, 0.25) is 0 Å². The number of rotatable bonds is 5. The Morgan fingerprint density at radius 3 is 1.68 bits per heavy atom. The first-order valence-electron chi connectivity index (χ1n) is 8.28. The second kappa shape index (κ2) is 14.6. The van der Waals surface area contributed by atoms with E-state index in [4.69, 9.17) is 17.3 Å². The van der Waals surface area contributed by atoms with Gasteiger partial charge in [-0.3, -0.25) is 0 Å². The molecule has 3 aromatic carbocycles. The van der Waals surface area contributed by atoms with Crippen LogP contribution in [0.5, 0.6) is 11.5 Å². The fraction of sp³-hybridized carbons (Fsp3) is 0. The van der Waals surface area contributed by atoms with E-state index in [0.29, 0.717) is 30.3 Å². The number of nitrogen functional groups attached to an aromatic ring is 1. The Labute approximate surface area is 298 Å². The third-order valence-electron chi connectivity index (χ3n) is 4.24. The summed E-state index contributed by atoms with van der Waals surface area (Å²) in [5.74, 6) is -2.50. The van der Waals surface area contributed by atoms with Crippen LogP contribution in [-0.2, 0) is 47.4 Å². The van der Waals surface area contributed by atoms with Crippen molar-refractivity contribution in [1.29, 1.82) is 0 Å². The van der Waals surface area contributed by atoms with Crippen molar-refractivity contribution in [2.24, 2.45) is 10.2 Å². The zero-order valence-electron chi connectivity index (χ0n) is 19.3. The number of nitrogens with zero attached hydrogens (tertiary/aromatic N) is 2. The number of fused-ring (bicyclic) bond motifs is 1. The van der Waals surface area contributed by atoms with Gasteiger partial charge in [-0.25, -0.2) is 25.3 Å². The maximum Gasteiger partial charge on any atom is 2.00 e. The SMILES string of the molecule is Nc1cc(S(=O)(=O)[O-])cc2cc(S(=O)(=O)[O-])c(N=Nc3cc(S(=O)(=O)[O-])cc(Cl)c3[O-])c([O-])c12.[Cu+2].[Na+].[Na+].[Na+]. The Bertz CT molecular complexity index is 1740. The first kappa shape index (κ1) is 40.6. The van der Waals surface area contributed by atoms with E-state index in [2.05, 4.69) is 10.2 Å². The molecule has 0 fully saturated rings. The molecule has 3 aromatic rings. The average Bonchev–Trinajstić information content (AvgIpc) is 2.67. The van der Waals surface area contributed by atoms with Crippen LogP contribution in [0.1, 0.15) is 0 Å². The average molecular weight is 681 g/mol. The first-order valence-corrected chi connectivity index (χ1v) is 12.9. The van der Waals surface area contributed by atoms with Gasteiger partial charge in [-0.1, -0.05) is 23.1 Å². The summed E-state index contributed by atoms with van der Waals surface area (Å²) in [6, 6.07) is 2.74. The molecular weight excluding hydrogens is 674 g/mol. The number of hydrogen-bond acceptors (Lipinski definition) is 14. The van der Waals surface area contributed by atoms with Gasteiger partial charge in [0.05, 0.1) is 26.1 Å². The van der Waals surface area contributed by atoms with E-state index < -0.39 is 89.4 Å². The van der Waals surface area contributed by atoms with Crippen LogP contribution in [0, 0.1) is 0 Å². The zero-order chi connectivity index (χ0) is 25.8. The van der Waals surface area contributed by atoms with Crippen molar-refractivity contribution in [2.45, 2.75) is 14.7 Å². The number of benzene rings is 3. The van der Waals surface area contributed by atoms with Gasteiger partial charge in [-0.2, -0.15) is 5.11 Å². The van der Waals surface area contributed by atoms with E-state index in [1.165, 1.54) is 0 Å². The summed E-state index contributed by atoms with van der Waals surface area (Å²) in [4.78, 5) is -3.22. The predicted octanol–water partition coefficient (Wildman–Crippen LogP) is -8.64. The Balaban J connectivity index is 0. The molecule has 38 heavy (non-hydrogen) atoms. The molecule has 0 atom stereocenters. The van der Waals surface area contributed by atoms with Crippen molar-refractivity contribution in [3.8, 4) is 11.5 Å².